The molecule has 0 N–H and O–H groups in total. The summed E-state index contributed by atoms with van der Waals surface area (Å²) in [4.78, 5) is 4.47. The number of aryl methyl sites for hydroxylation is 1. The molecule has 0 atom stereocenters. The molecule has 0 aliphatic heterocycles. The van der Waals surface area contributed by atoms with E-state index in [9.17, 15) is 0 Å². The van der Waals surface area contributed by atoms with Crippen LogP contribution >= 0.6 is 22.6 Å². The molecule has 2 aromatic carbocycles. The molecule has 0 unspecified atom stereocenters. The minimum absolute atomic E-state index is 0.643. The molecular weight excluding hydrogens is 363 g/mol. The monoisotopic (exact) mass is 376 g/mol. The van der Waals surface area contributed by atoms with Gasteiger partial charge in [0.25, 0.3) is 0 Å². The quantitative estimate of drug-likeness (QED) is 0.642. The highest BCUT2D eigenvalue weighted by Crippen LogP contribution is 2.19. The first-order valence-corrected chi connectivity index (χ1v) is 7.43. The molecule has 0 bridgehead atoms. The van der Waals surface area contributed by atoms with Gasteiger partial charge in [0, 0.05) is 9.13 Å². The first kappa shape index (κ1) is 13.3. The van der Waals surface area contributed by atoms with Crippen molar-refractivity contribution in [2.24, 2.45) is 0 Å². The van der Waals surface area contributed by atoms with E-state index in [-0.39, 0.29) is 0 Å². The van der Waals surface area contributed by atoms with Crippen molar-refractivity contribution in [1.82, 2.24) is 10.1 Å². The molecule has 0 saturated heterocycles. The molecule has 4 heteroatoms. The predicted molar refractivity (Wildman–Crippen MR) is 86.4 cm³/mol. The Labute approximate surface area is 131 Å². The van der Waals surface area contributed by atoms with Crippen LogP contribution < -0.4 is 0 Å². The third-order valence-corrected chi connectivity index (χ3v) is 4.13. The van der Waals surface area contributed by atoms with Crippen molar-refractivity contribution in [2.45, 2.75) is 13.3 Å². The second kappa shape index (κ2) is 5.75. The fourth-order valence-corrected chi connectivity index (χ4v) is 2.53. The molecule has 3 aromatic rings. The standard InChI is InChI=1S/C16H13IN2O/c1-11-6-8-12(9-7-11)16-18-15(20-19-16)10-13-4-2-3-5-14(13)17/h2-9H,10H2,1H3. The largest absolute Gasteiger partial charge is 0.339 e. The van der Waals surface area contributed by atoms with Gasteiger partial charge in [-0.25, -0.2) is 0 Å². The molecule has 100 valence electrons. The summed E-state index contributed by atoms with van der Waals surface area (Å²) >= 11 is 2.32. The summed E-state index contributed by atoms with van der Waals surface area (Å²) < 4.78 is 6.55. The number of aromatic nitrogens is 2. The first-order chi connectivity index (χ1) is 9.72. The summed E-state index contributed by atoms with van der Waals surface area (Å²) in [7, 11) is 0. The van der Waals surface area contributed by atoms with Gasteiger partial charge < -0.3 is 4.52 Å². The van der Waals surface area contributed by atoms with Gasteiger partial charge in [-0.1, -0.05) is 53.2 Å². The molecule has 3 nitrogen and oxygen atoms in total. The summed E-state index contributed by atoms with van der Waals surface area (Å²) in [6.45, 7) is 2.06. The zero-order chi connectivity index (χ0) is 13.9. The smallest absolute Gasteiger partial charge is 0.231 e. The van der Waals surface area contributed by atoms with E-state index in [2.05, 4.69) is 51.8 Å². The van der Waals surface area contributed by atoms with E-state index in [1.54, 1.807) is 0 Å². The van der Waals surface area contributed by atoms with E-state index in [0.29, 0.717) is 18.1 Å². The van der Waals surface area contributed by atoms with Gasteiger partial charge >= 0.3 is 0 Å². The van der Waals surface area contributed by atoms with E-state index in [0.717, 1.165) is 5.56 Å². The first-order valence-electron chi connectivity index (χ1n) is 6.35. The normalized spacial score (nSPS) is 10.7. The second-order valence-corrected chi connectivity index (χ2v) is 5.81. The van der Waals surface area contributed by atoms with Gasteiger partial charge in [-0.05, 0) is 41.1 Å². The van der Waals surface area contributed by atoms with E-state index in [4.69, 9.17) is 4.52 Å². The van der Waals surface area contributed by atoms with Gasteiger partial charge in [0.15, 0.2) is 0 Å². The summed E-state index contributed by atoms with van der Waals surface area (Å²) in [6.07, 6.45) is 0.665. The van der Waals surface area contributed by atoms with E-state index >= 15 is 0 Å². The van der Waals surface area contributed by atoms with Crippen LogP contribution in [0.2, 0.25) is 0 Å². The van der Waals surface area contributed by atoms with Gasteiger partial charge in [0.2, 0.25) is 11.7 Å². The van der Waals surface area contributed by atoms with Crippen molar-refractivity contribution in [2.75, 3.05) is 0 Å². The second-order valence-electron chi connectivity index (χ2n) is 4.65. The van der Waals surface area contributed by atoms with E-state index in [1.165, 1.54) is 14.7 Å². The average molecular weight is 376 g/mol. The van der Waals surface area contributed by atoms with Crippen LogP contribution in [0.1, 0.15) is 17.0 Å². The molecule has 0 radical (unpaired) electrons. The molecule has 0 saturated carbocycles. The van der Waals surface area contributed by atoms with Crippen LogP contribution in [0.25, 0.3) is 11.4 Å². The highest BCUT2D eigenvalue weighted by Gasteiger charge is 2.10. The third-order valence-electron chi connectivity index (χ3n) is 3.08. The Morgan fingerprint density at radius 3 is 2.55 bits per heavy atom. The zero-order valence-electron chi connectivity index (χ0n) is 11.0. The highest BCUT2D eigenvalue weighted by molar-refractivity contribution is 14.1. The van der Waals surface area contributed by atoms with E-state index < -0.39 is 0 Å². The molecule has 0 aliphatic rings. The number of benzene rings is 2. The number of halogens is 1. The van der Waals surface area contributed by atoms with Gasteiger partial charge in [0.05, 0.1) is 6.42 Å². The Hall–Kier alpha value is -1.69. The van der Waals surface area contributed by atoms with Crippen molar-refractivity contribution in [1.29, 1.82) is 0 Å². The Kier molecular flexibility index (Phi) is 3.82. The minimum atomic E-state index is 0.643. The molecule has 0 aliphatic carbocycles. The summed E-state index contributed by atoms with van der Waals surface area (Å²) in [5.74, 6) is 1.29. The van der Waals surface area contributed by atoms with Crippen LogP contribution in [0.5, 0.6) is 0 Å². The van der Waals surface area contributed by atoms with Crippen LogP contribution in [0.15, 0.2) is 53.1 Å². The van der Waals surface area contributed by atoms with E-state index in [1.807, 2.05) is 36.4 Å². The Balaban J connectivity index is 1.84. The topological polar surface area (TPSA) is 38.9 Å². The highest BCUT2D eigenvalue weighted by atomic mass is 127. The fraction of sp³-hybridized carbons (Fsp3) is 0.125. The number of hydrogen-bond acceptors (Lipinski definition) is 3. The van der Waals surface area contributed by atoms with Crippen molar-refractivity contribution < 1.29 is 4.52 Å². The van der Waals surface area contributed by atoms with Gasteiger partial charge in [-0.3, -0.25) is 0 Å². The lowest BCUT2D eigenvalue weighted by Crippen LogP contribution is -1.91. The van der Waals surface area contributed by atoms with Crippen LogP contribution in [0.4, 0.5) is 0 Å². The van der Waals surface area contributed by atoms with Gasteiger partial charge in [-0.2, -0.15) is 4.98 Å². The maximum Gasteiger partial charge on any atom is 0.231 e. The van der Waals surface area contributed by atoms with Crippen LogP contribution in [-0.4, -0.2) is 10.1 Å². The molecule has 0 amide bonds. The summed E-state index contributed by atoms with van der Waals surface area (Å²) in [6, 6.07) is 16.3. The van der Waals surface area contributed by atoms with Crippen molar-refractivity contribution in [3.8, 4) is 11.4 Å². The average Bonchev–Trinajstić information content (AvgIpc) is 2.91. The Bertz CT molecular complexity index is 719. The summed E-state index contributed by atoms with van der Waals surface area (Å²) in [5.41, 5.74) is 3.40. The van der Waals surface area contributed by atoms with Crippen LogP contribution in [0.3, 0.4) is 0 Å². The fourth-order valence-electron chi connectivity index (χ4n) is 1.95. The molecule has 1 aromatic heterocycles. The molecule has 1 heterocycles. The Morgan fingerprint density at radius 2 is 1.80 bits per heavy atom. The molecular formula is C16H13IN2O. The lowest BCUT2D eigenvalue weighted by Gasteiger charge is -1.99. The van der Waals surface area contributed by atoms with Crippen molar-refractivity contribution >= 4 is 22.6 Å². The number of rotatable bonds is 3. The number of hydrogen-bond donors (Lipinski definition) is 0. The predicted octanol–water partition coefficient (Wildman–Crippen LogP) is 4.24. The maximum atomic E-state index is 5.34. The lowest BCUT2D eigenvalue weighted by molar-refractivity contribution is 0.385. The molecule has 20 heavy (non-hydrogen) atoms. The van der Waals surface area contributed by atoms with Gasteiger partial charge in [-0.15, -0.1) is 0 Å². The van der Waals surface area contributed by atoms with Crippen LogP contribution in [-0.2, 0) is 6.42 Å². The van der Waals surface area contributed by atoms with Crippen molar-refractivity contribution in [3.05, 3.63) is 69.1 Å². The zero-order valence-corrected chi connectivity index (χ0v) is 13.2. The SMILES string of the molecule is Cc1ccc(-c2noc(Cc3ccccc3I)n2)cc1. The van der Waals surface area contributed by atoms with Gasteiger partial charge in [0.1, 0.15) is 0 Å². The Morgan fingerprint density at radius 1 is 1.05 bits per heavy atom. The third kappa shape index (κ3) is 2.90. The number of nitrogens with zero attached hydrogens (tertiary/aromatic N) is 2. The minimum Gasteiger partial charge on any atom is -0.339 e. The maximum absolute atomic E-state index is 5.34. The summed E-state index contributed by atoms with van der Waals surface area (Å²) in [5, 5.41) is 4.05. The van der Waals surface area contributed by atoms with Crippen molar-refractivity contribution in [3.63, 3.8) is 0 Å². The molecule has 0 spiro atoms. The lowest BCUT2D eigenvalue weighted by atomic mass is 10.1. The molecule has 0 fully saturated rings. The molecule has 3 rings (SSSR count). The van der Waals surface area contributed by atoms with Crippen LogP contribution in [0, 0.1) is 10.5 Å².